The fraction of sp³-hybridized carbons (Fsp3) is 0.562. The van der Waals surface area contributed by atoms with Gasteiger partial charge in [-0.3, -0.25) is 4.79 Å². The Hall–Kier alpha value is -1.49. The molecule has 0 bridgehead atoms. The van der Waals surface area contributed by atoms with E-state index in [0.717, 1.165) is 6.42 Å². The highest BCUT2D eigenvalue weighted by atomic mass is 19.1. The van der Waals surface area contributed by atoms with Crippen molar-refractivity contribution in [2.75, 3.05) is 6.54 Å². The van der Waals surface area contributed by atoms with E-state index in [1.54, 1.807) is 6.92 Å². The molecule has 1 rings (SSSR count). The fourth-order valence-electron chi connectivity index (χ4n) is 2.49. The molecule has 1 aromatic carbocycles. The molecule has 0 aromatic heterocycles. The van der Waals surface area contributed by atoms with Gasteiger partial charge in [-0.2, -0.15) is 0 Å². The van der Waals surface area contributed by atoms with Gasteiger partial charge in [0, 0.05) is 12.0 Å². The lowest BCUT2D eigenvalue weighted by Crippen LogP contribution is -2.31. The van der Waals surface area contributed by atoms with Gasteiger partial charge in [0.15, 0.2) is 0 Å². The standard InChI is InChI=1S/C16H24F2N2O/c1-10(2)7-12(9-19)8-15(21)20-11(3)16-13(17)5-4-6-14(16)18/h4-6,10-12H,7-9,19H2,1-3H3,(H,20,21). The molecule has 0 aliphatic rings. The molecule has 0 aliphatic carbocycles. The van der Waals surface area contributed by atoms with Crippen molar-refractivity contribution in [1.82, 2.24) is 5.32 Å². The maximum atomic E-state index is 13.6. The first kappa shape index (κ1) is 17.6. The summed E-state index contributed by atoms with van der Waals surface area (Å²) in [5.41, 5.74) is 5.55. The zero-order valence-corrected chi connectivity index (χ0v) is 12.8. The first-order valence-corrected chi connectivity index (χ1v) is 7.28. The van der Waals surface area contributed by atoms with E-state index in [9.17, 15) is 13.6 Å². The molecule has 3 nitrogen and oxygen atoms in total. The fourth-order valence-corrected chi connectivity index (χ4v) is 2.49. The number of carbonyl (C=O) groups is 1. The third-order valence-electron chi connectivity index (χ3n) is 3.42. The van der Waals surface area contributed by atoms with Crippen LogP contribution in [0.15, 0.2) is 18.2 Å². The minimum Gasteiger partial charge on any atom is -0.349 e. The minimum absolute atomic E-state index is 0.0858. The molecule has 2 atom stereocenters. The number of amides is 1. The summed E-state index contributed by atoms with van der Waals surface area (Å²) in [4.78, 5) is 12.0. The van der Waals surface area contributed by atoms with Crippen LogP contribution in [0.4, 0.5) is 8.78 Å². The molecule has 0 saturated heterocycles. The number of nitrogens with one attached hydrogen (secondary N) is 1. The van der Waals surface area contributed by atoms with Gasteiger partial charge in [-0.25, -0.2) is 8.78 Å². The van der Waals surface area contributed by atoms with Gasteiger partial charge in [-0.15, -0.1) is 0 Å². The number of hydrogen-bond donors (Lipinski definition) is 2. The molecule has 0 heterocycles. The molecule has 0 saturated carbocycles. The number of nitrogens with two attached hydrogens (primary N) is 1. The first-order chi connectivity index (χ1) is 9.85. The van der Waals surface area contributed by atoms with E-state index in [-0.39, 0.29) is 23.8 Å². The molecule has 1 aromatic rings. The molecule has 0 aliphatic heterocycles. The lowest BCUT2D eigenvalue weighted by atomic mass is 9.94. The molecule has 3 N–H and O–H groups in total. The van der Waals surface area contributed by atoms with Crippen LogP contribution < -0.4 is 11.1 Å². The topological polar surface area (TPSA) is 55.1 Å². The lowest BCUT2D eigenvalue weighted by Gasteiger charge is -2.20. The Morgan fingerprint density at radius 3 is 2.29 bits per heavy atom. The van der Waals surface area contributed by atoms with E-state index in [1.165, 1.54) is 18.2 Å². The largest absolute Gasteiger partial charge is 0.349 e. The van der Waals surface area contributed by atoms with Crippen molar-refractivity contribution in [3.05, 3.63) is 35.4 Å². The summed E-state index contributed by atoms with van der Waals surface area (Å²) < 4.78 is 27.3. The Morgan fingerprint density at radius 1 is 1.24 bits per heavy atom. The number of rotatable bonds is 7. The van der Waals surface area contributed by atoms with Crippen LogP contribution >= 0.6 is 0 Å². The quantitative estimate of drug-likeness (QED) is 0.812. The van der Waals surface area contributed by atoms with Crippen LogP contribution in [0.25, 0.3) is 0 Å². The van der Waals surface area contributed by atoms with Crippen molar-refractivity contribution in [3.8, 4) is 0 Å². The Kier molecular flexibility index (Phi) is 6.75. The highest BCUT2D eigenvalue weighted by Crippen LogP contribution is 2.21. The van der Waals surface area contributed by atoms with E-state index in [0.29, 0.717) is 12.5 Å². The van der Waals surface area contributed by atoms with E-state index in [1.807, 2.05) is 0 Å². The monoisotopic (exact) mass is 298 g/mol. The number of hydrogen-bond acceptors (Lipinski definition) is 2. The maximum Gasteiger partial charge on any atom is 0.220 e. The van der Waals surface area contributed by atoms with Crippen molar-refractivity contribution < 1.29 is 13.6 Å². The van der Waals surface area contributed by atoms with Gasteiger partial charge in [-0.05, 0) is 43.9 Å². The Bertz CT molecular complexity index is 457. The first-order valence-electron chi connectivity index (χ1n) is 7.28. The highest BCUT2D eigenvalue weighted by Gasteiger charge is 2.20. The van der Waals surface area contributed by atoms with Crippen LogP contribution in [0.3, 0.4) is 0 Å². The van der Waals surface area contributed by atoms with Crippen LogP contribution in [0, 0.1) is 23.5 Å². The van der Waals surface area contributed by atoms with Gasteiger partial charge >= 0.3 is 0 Å². The SMILES string of the molecule is CC(C)CC(CN)CC(=O)NC(C)c1c(F)cccc1F. The molecule has 118 valence electrons. The maximum absolute atomic E-state index is 13.6. The van der Waals surface area contributed by atoms with E-state index in [2.05, 4.69) is 19.2 Å². The number of halogens is 2. The number of benzene rings is 1. The van der Waals surface area contributed by atoms with Gasteiger partial charge in [0.05, 0.1) is 6.04 Å². The zero-order chi connectivity index (χ0) is 16.0. The second-order valence-electron chi connectivity index (χ2n) is 5.86. The average molecular weight is 298 g/mol. The molecule has 0 fully saturated rings. The smallest absolute Gasteiger partial charge is 0.220 e. The van der Waals surface area contributed by atoms with Gasteiger partial charge in [0.25, 0.3) is 0 Å². The molecular weight excluding hydrogens is 274 g/mol. The van der Waals surface area contributed by atoms with Crippen LogP contribution in [-0.4, -0.2) is 12.5 Å². The van der Waals surface area contributed by atoms with Crippen molar-refractivity contribution in [1.29, 1.82) is 0 Å². The lowest BCUT2D eigenvalue weighted by molar-refractivity contribution is -0.122. The second kappa shape index (κ2) is 8.08. The van der Waals surface area contributed by atoms with Crippen LogP contribution in [0.5, 0.6) is 0 Å². The van der Waals surface area contributed by atoms with E-state index < -0.39 is 17.7 Å². The Labute approximate surface area is 124 Å². The molecule has 1 amide bonds. The Morgan fingerprint density at radius 2 is 1.81 bits per heavy atom. The normalized spacial score (nSPS) is 14.0. The van der Waals surface area contributed by atoms with E-state index in [4.69, 9.17) is 5.73 Å². The minimum atomic E-state index is -0.712. The molecule has 0 radical (unpaired) electrons. The van der Waals surface area contributed by atoms with Crippen LogP contribution in [0.2, 0.25) is 0 Å². The van der Waals surface area contributed by atoms with Crippen molar-refractivity contribution >= 4 is 5.91 Å². The van der Waals surface area contributed by atoms with E-state index >= 15 is 0 Å². The summed E-state index contributed by atoms with van der Waals surface area (Å²) in [6.45, 7) is 6.13. The predicted octanol–water partition coefficient (Wildman–Crippen LogP) is 3.15. The molecule has 21 heavy (non-hydrogen) atoms. The summed E-state index contributed by atoms with van der Waals surface area (Å²) in [7, 11) is 0. The molecule has 0 spiro atoms. The van der Waals surface area contributed by atoms with Gasteiger partial charge < -0.3 is 11.1 Å². The molecule has 5 heteroatoms. The summed E-state index contributed by atoms with van der Waals surface area (Å²) in [5.74, 6) is -1.00. The summed E-state index contributed by atoms with van der Waals surface area (Å²) in [6.07, 6.45) is 1.13. The van der Waals surface area contributed by atoms with Gasteiger partial charge in [0.2, 0.25) is 5.91 Å². The van der Waals surface area contributed by atoms with Crippen molar-refractivity contribution in [3.63, 3.8) is 0 Å². The average Bonchev–Trinajstić information content (AvgIpc) is 2.36. The third-order valence-corrected chi connectivity index (χ3v) is 3.42. The van der Waals surface area contributed by atoms with Crippen molar-refractivity contribution in [2.24, 2.45) is 17.6 Å². The highest BCUT2D eigenvalue weighted by molar-refractivity contribution is 5.76. The Balaban J connectivity index is 2.65. The zero-order valence-electron chi connectivity index (χ0n) is 12.8. The number of carbonyl (C=O) groups excluding carboxylic acids is 1. The summed E-state index contributed by atoms with van der Waals surface area (Å²) >= 11 is 0. The summed E-state index contributed by atoms with van der Waals surface area (Å²) in [6, 6.07) is 2.96. The van der Waals surface area contributed by atoms with Gasteiger partial charge in [0.1, 0.15) is 11.6 Å². The third kappa shape index (κ3) is 5.42. The van der Waals surface area contributed by atoms with Gasteiger partial charge in [-0.1, -0.05) is 19.9 Å². The van der Waals surface area contributed by atoms with Crippen LogP contribution in [0.1, 0.15) is 45.2 Å². The van der Waals surface area contributed by atoms with Crippen LogP contribution in [-0.2, 0) is 4.79 Å². The molecular formula is C16H24F2N2O. The summed E-state index contributed by atoms with van der Waals surface area (Å²) in [5, 5.41) is 2.64. The predicted molar refractivity (Wildman–Crippen MR) is 79.5 cm³/mol. The van der Waals surface area contributed by atoms with Crippen molar-refractivity contribution in [2.45, 2.75) is 39.7 Å². The second-order valence-corrected chi connectivity index (χ2v) is 5.86. The molecule has 2 unspecified atom stereocenters.